The molecule has 2 nitrogen and oxygen atoms in total. The number of hydrogen-bond donors (Lipinski definition) is 0. The Hall–Kier alpha value is 0.911. The first-order valence-corrected chi connectivity index (χ1v) is 1.29. The molecule has 0 aromatic carbocycles. The Bertz CT molecular complexity index is 44.5. The Labute approximate surface area is 79.3 Å². The topological polar surface area (TPSA) is 34.1 Å². The summed E-state index contributed by atoms with van der Waals surface area (Å²) in [6, 6.07) is 0. The zero-order valence-electron chi connectivity index (χ0n) is 5.39. The molecule has 0 rings (SSSR count). The van der Waals surface area contributed by atoms with Crippen molar-refractivity contribution in [3.63, 3.8) is 0 Å². The molecule has 0 aromatic rings. The van der Waals surface area contributed by atoms with Crippen molar-refractivity contribution in [3.8, 4) is 0 Å². The average molecular weight is 211 g/mol. The maximum absolute atomic E-state index is 9.17. The Morgan fingerprint density at radius 3 is 1.67 bits per heavy atom. The Morgan fingerprint density at radius 2 is 1.67 bits per heavy atom. The first kappa shape index (κ1) is 10.0. The first-order valence-electron chi connectivity index (χ1n) is 1.29. The van der Waals surface area contributed by atoms with Crippen LogP contribution in [0.15, 0.2) is 0 Å². The van der Waals surface area contributed by atoms with Gasteiger partial charge < -0.3 is 12.4 Å². The third-order valence-electron chi connectivity index (χ3n) is 0.192. The SMILES string of the molecule is O=CCC=O.[Ba+2].[H-].[H-]. The predicted octanol–water partition coefficient (Wildman–Crippen LogP) is -0.381. The molecule has 0 fully saturated rings. The van der Waals surface area contributed by atoms with Crippen molar-refractivity contribution < 1.29 is 12.4 Å². The van der Waals surface area contributed by atoms with Crippen molar-refractivity contribution in [1.29, 1.82) is 0 Å². The predicted molar refractivity (Wildman–Crippen MR) is 24.7 cm³/mol. The van der Waals surface area contributed by atoms with E-state index in [1.54, 1.807) is 0 Å². The number of carbonyl (C=O) groups is 2. The standard InChI is InChI=1S/C3H4O2.Ba.2H/c4-2-1-3-5;;;/h2-3H,1H2;;;/q;+2;2*-1. The second-order valence-corrected chi connectivity index (χ2v) is 0.569. The van der Waals surface area contributed by atoms with E-state index in [0.29, 0.717) is 12.6 Å². The number of rotatable bonds is 2. The molecular formula is C3H6BaO2. The molecule has 0 N–H and O–H groups in total. The van der Waals surface area contributed by atoms with Crippen LogP contribution in [0.4, 0.5) is 0 Å². The van der Waals surface area contributed by atoms with Gasteiger partial charge in [0, 0.05) is 0 Å². The van der Waals surface area contributed by atoms with Gasteiger partial charge in [-0.2, -0.15) is 0 Å². The van der Waals surface area contributed by atoms with Gasteiger partial charge >= 0.3 is 48.9 Å². The molecule has 0 aromatic heterocycles. The van der Waals surface area contributed by atoms with E-state index in [4.69, 9.17) is 0 Å². The van der Waals surface area contributed by atoms with Gasteiger partial charge in [0.25, 0.3) is 0 Å². The number of hydrogen-bond acceptors (Lipinski definition) is 2. The molecular weight excluding hydrogens is 205 g/mol. The van der Waals surface area contributed by atoms with E-state index in [1.807, 2.05) is 0 Å². The molecule has 0 bridgehead atoms. The Morgan fingerprint density at radius 1 is 1.33 bits per heavy atom. The minimum atomic E-state index is 0. The Kier molecular flexibility index (Phi) is 15.6. The van der Waals surface area contributed by atoms with E-state index in [0.717, 1.165) is 0 Å². The summed E-state index contributed by atoms with van der Waals surface area (Å²) in [6.45, 7) is 0. The van der Waals surface area contributed by atoms with Gasteiger partial charge in [0.15, 0.2) is 0 Å². The molecule has 0 spiro atoms. The van der Waals surface area contributed by atoms with Crippen molar-refractivity contribution in [2.24, 2.45) is 0 Å². The number of carbonyl (C=O) groups excluding carboxylic acids is 2. The van der Waals surface area contributed by atoms with Gasteiger partial charge in [0.05, 0.1) is 6.42 Å². The van der Waals surface area contributed by atoms with E-state index in [1.165, 1.54) is 0 Å². The summed E-state index contributed by atoms with van der Waals surface area (Å²) < 4.78 is 0. The van der Waals surface area contributed by atoms with Gasteiger partial charge in [0.1, 0.15) is 12.6 Å². The summed E-state index contributed by atoms with van der Waals surface area (Å²) in [4.78, 5) is 18.3. The van der Waals surface area contributed by atoms with Crippen molar-refractivity contribution in [3.05, 3.63) is 0 Å². The minimum Gasteiger partial charge on any atom is -1.00 e. The summed E-state index contributed by atoms with van der Waals surface area (Å²) in [6.07, 6.45) is 1.15. The van der Waals surface area contributed by atoms with Gasteiger partial charge in [-0.15, -0.1) is 0 Å². The molecule has 0 aliphatic rings. The van der Waals surface area contributed by atoms with Gasteiger partial charge in [-0.1, -0.05) is 0 Å². The summed E-state index contributed by atoms with van der Waals surface area (Å²) in [5.41, 5.74) is 0. The third kappa shape index (κ3) is 8.86. The fourth-order valence-corrected chi connectivity index (χ4v) is 0.0393. The van der Waals surface area contributed by atoms with Crippen LogP contribution < -0.4 is 0 Å². The quantitative estimate of drug-likeness (QED) is 0.354. The molecule has 3 heteroatoms. The largest absolute Gasteiger partial charge is 2.00 e. The zero-order chi connectivity index (χ0) is 4.12. The summed E-state index contributed by atoms with van der Waals surface area (Å²) in [5.74, 6) is 0. The normalized spacial score (nSPS) is 5.33. The minimum absolute atomic E-state index is 0. The second kappa shape index (κ2) is 9.32. The van der Waals surface area contributed by atoms with E-state index in [2.05, 4.69) is 0 Å². The van der Waals surface area contributed by atoms with Crippen LogP contribution in [-0.2, 0) is 9.59 Å². The summed E-state index contributed by atoms with van der Waals surface area (Å²) >= 11 is 0. The van der Waals surface area contributed by atoms with Crippen LogP contribution in [-0.4, -0.2) is 61.5 Å². The van der Waals surface area contributed by atoms with E-state index >= 15 is 0 Å². The second-order valence-electron chi connectivity index (χ2n) is 0.569. The van der Waals surface area contributed by atoms with Crippen LogP contribution in [0.25, 0.3) is 0 Å². The fourth-order valence-electron chi connectivity index (χ4n) is 0.0393. The van der Waals surface area contributed by atoms with Crippen molar-refractivity contribution in [2.45, 2.75) is 6.42 Å². The molecule has 0 heterocycles. The van der Waals surface area contributed by atoms with Gasteiger partial charge in [0.2, 0.25) is 0 Å². The molecule has 0 atom stereocenters. The van der Waals surface area contributed by atoms with E-state index < -0.39 is 0 Å². The molecule has 0 amide bonds. The maximum Gasteiger partial charge on any atom is 2.00 e. The Balaban J connectivity index is -0.0000000267. The molecule has 0 saturated heterocycles. The molecule has 6 heavy (non-hydrogen) atoms. The molecule has 0 aliphatic carbocycles. The van der Waals surface area contributed by atoms with Crippen molar-refractivity contribution in [1.82, 2.24) is 0 Å². The molecule has 0 unspecified atom stereocenters. The van der Waals surface area contributed by atoms with Gasteiger partial charge in [-0.3, -0.25) is 0 Å². The van der Waals surface area contributed by atoms with Crippen LogP contribution in [0.2, 0.25) is 0 Å². The van der Waals surface area contributed by atoms with Crippen LogP contribution in [0.3, 0.4) is 0 Å². The van der Waals surface area contributed by atoms with Crippen LogP contribution in [0.5, 0.6) is 0 Å². The van der Waals surface area contributed by atoms with E-state index in [9.17, 15) is 9.59 Å². The van der Waals surface area contributed by atoms with Gasteiger partial charge in [-0.05, 0) is 0 Å². The molecule has 0 saturated carbocycles. The van der Waals surface area contributed by atoms with Crippen LogP contribution in [0, 0.1) is 0 Å². The first-order chi connectivity index (χ1) is 2.41. The zero-order valence-corrected chi connectivity index (χ0v) is 7.83. The van der Waals surface area contributed by atoms with Crippen molar-refractivity contribution >= 4 is 61.5 Å². The maximum atomic E-state index is 9.17. The molecule has 0 aliphatic heterocycles. The fraction of sp³-hybridized carbons (Fsp3) is 0.333. The third-order valence-corrected chi connectivity index (χ3v) is 0.192. The van der Waals surface area contributed by atoms with E-state index in [-0.39, 0.29) is 58.2 Å². The monoisotopic (exact) mass is 212 g/mol. The summed E-state index contributed by atoms with van der Waals surface area (Å²) in [5, 5.41) is 0. The smallest absolute Gasteiger partial charge is 1.00 e. The molecule has 32 valence electrons. The average Bonchev–Trinajstić information content (AvgIpc) is 1.41. The van der Waals surface area contributed by atoms with Crippen LogP contribution in [0.1, 0.15) is 9.27 Å². The van der Waals surface area contributed by atoms with Gasteiger partial charge in [-0.25, -0.2) is 0 Å². The van der Waals surface area contributed by atoms with Crippen LogP contribution >= 0.6 is 0 Å². The number of aldehydes is 2. The molecule has 0 radical (unpaired) electrons. The van der Waals surface area contributed by atoms with Crippen molar-refractivity contribution in [2.75, 3.05) is 0 Å². The summed E-state index contributed by atoms with van der Waals surface area (Å²) in [7, 11) is 0.